The van der Waals surface area contributed by atoms with E-state index in [9.17, 15) is 4.79 Å². The summed E-state index contributed by atoms with van der Waals surface area (Å²) in [5.74, 6) is 1.59. The van der Waals surface area contributed by atoms with Crippen molar-refractivity contribution in [2.45, 2.75) is 39.5 Å². The van der Waals surface area contributed by atoms with Crippen LogP contribution >= 0.6 is 0 Å². The molecule has 0 aromatic heterocycles. The number of ether oxygens (including phenoxy) is 1. The lowest BCUT2D eigenvalue weighted by atomic mass is 9.76. The van der Waals surface area contributed by atoms with Gasteiger partial charge in [-0.3, -0.25) is 4.79 Å². The second kappa shape index (κ2) is 4.64. The van der Waals surface area contributed by atoms with Crippen molar-refractivity contribution < 1.29 is 9.53 Å². The number of carbonyl (C=O) groups excluding carboxylic acids is 1. The highest BCUT2D eigenvalue weighted by Gasteiger charge is 2.28. The molecule has 76 valence electrons. The van der Waals surface area contributed by atoms with E-state index >= 15 is 0 Å². The molecule has 2 atom stereocenters. The van der Waals surface area contributed by atoms with Gasteiger partial charge in [0.2, 0.25) is 0 Å². The Morgan fingerprint density at radius 3 is 2.62 bits per heavy atom. The van der Waals surface area contributed by atoms with Gasteiger partial charge < -0.3 is 4.74 Å². The average Bonchev–Trinajstić information content (AvgIpc) is 2.17. The molecule has 0 heterocycles. The van der Waals surface area contributed by atoms with Crippen molar-refractivity contribution in [2.75, 3.05) is 7.11 Å². The number of hydrogen-bond acceptors (Lipinski definition) is 2. The third-order valence-electron chi connectivity index (χ3n) is 3.19. The van der Waals surface area contributed by atoms with E-state index in [1.54, 1.807) is 0 Å². The molecule has 13 heavy (non-hydrogen) atoms. The van der Waals surface area contributed by atoms with Gasteiger partial charge in [-0.1, -0.05) is 26.7 Å². The first-order chi connectivity index (χ1) is 6.15. The Bertz CT molecular complexity index is 175. The van der Waals surface area contributed by atoms with Crippen molar-refractivity contribution in [1.82, 2.24) is 0 Å². The summed E-state index contributed by atoms with van der Waals surface area (Å²) in [6, 6.07) is 0. The summed E-state index contributed by atoms with van der Waals surface area (Å²) in [6.45, 7) is 4.48. The predicted octanol–water partition coefficient (Wildman–Crippen LogP) is 2.62. The molecule has 2 unspecified atom stereocenters. The Hall–Kier alpha value is -0.530. The van der Waals surface area contributed by atoms with Gasteiger partial charge in [-0.15, -0.1) is 0 Å². The molecule has 0 aromatic rings. The molecule has 0 aromatic carbocycles. The summed E-state index contributed by atoms with van der Waals surface area (Å²) in [6.07, 6.45) is 4.52. The second-order valence-corrected chi connectivity index (χ2v) is 4.39. The van der Waals surface area contributed by atoms with Crippen molar-refractivity contribution in [3.05, 3.63) is 0 Å². The Morgan fingerprint density at radius 1 is 1.38 bits per heavy atom. The summed E-state index contributed by atoms with van der Waals surface area (Å²) < 4.78 is 4.78. The maximum Gasteiger partial charge on any atom is 0.308 e. The van der Waals surface area contributed by atoms with Crippen LogP contribution in [0.2, 0.25) is 0 Å². The zero-order valence-electron chi connectivity index (χ0n) is 8.88. The zero-order chi connectivity index (χ0) is 9.84. The third-order valence-corrected chi connectivity index (χ3v) is 3.19. The van der Waals surface area contributed by atoms with Gasteiger partial charge in [-0.05, 0) is 24.7 Å². The molecule has 1 aliphatic carbocycles. The van der Waals surface area contributed by atoms with Crippen molar-refractivity contribution in [3.63, 3.8) is 0 Å². The number of carbonyl (C=O) groups is 1. The van der Waals surface area contributed by atoms with Crippen LogP contribution in [0.5, 0.6) is 0 Å². The Balaban J connectivity index is 2.46. The molecule has 0 radical (unpaired) electrons. The van der Waals surface area contributed by atoms with Gasteiger partial charge in [0.15, 0.2) is 0 Å². The van der Waals surface area contributed by atoms with E-state index in [0.29, 0.717) is 5.92 Å². The maximum atomic E-state index is 11.3. The fourth-order valence-corrected chi connectivity index (χ4v) is 2.21. The molecule has 0 N–H and O–H groups in total. The van der Waals surface area contributed by atoms with Crippen molar-refractivity contribution in [2.24, 2.45) is 17.8 Å². The molecule has 1 fully saturated rings. The molecule has 1 aliphatic rings. The normalized spacial score (nSPS) is 28.9. The van der Waals surface area contributed by atoms with Crippen molar-refractivity contribution in [1.29, 1.82) is 0 Å². The van der Waals surface area contributed by atoms with Crippen LogP contribution in [0.15, 0.2) is 0 Å². The van der Waals surface area contributed by atoms with Crippen LogP contribution in [-0.4, -0.2) is 13.1 Å². The number of esters is 1. The Labute approximate surface area is 80.7 Å². The van der Waals surface area contributed by atoms with Crippen LogP contribution in [0.1, 0.15) is 39.5 Å². The quantitative estimate of drug-likeness (QED) is 0.617. The van der Waals surface area contributed by atoms with Crippen molar-refractivity contribution in [3.8, 4) is 0 Å². The topological polar surface area (TPSA) is 26.3 Å². The smallest absolute Gasteiger partial charge is 0.308 e. The molecular formula is C11H20O2. The minimum Gasteiger partial charge on any atom is -0.469 e. The number of methoxy groups -OCH3 is 1. The van der Waals surface area contributed by atoms with Gasteiger partial charge in [0.25, 0.3) is 0 Å². The van der Waals surface area contributed by atoms with Gasteiger partial charge in [0, 0.05) is 0 Å². The van der Waals surface area contributed by atoms with E-state index in [1.165, 1.54) is 20.0 Å². The lowest BCUT2D eigenvalue weighted by Crippen LogP contribution is -2.26. The minimum absolute atomic E-state index is 0.00894. The molecule has 0 amide bonds. The van der Waals surface area contributed by atoms with Crippen LogP contribution in [0.25, 0.3) is 0 Å². The first-order valence-electron chi connectivity index (χ1n) is 5.23. The maximum absolute atomic E-state index is 11.3. The van der Waals surface area contributed by atoms with E-state index in [0.717, 1.165) is 18.8 Å². The summed E-state index contributed by atoms with van der Waals surface area (Å²) in [4.78, 5) is 11.3. The highest BCUT2D eigenvalue weighted by molar-refractivity contribution is 5.72. The van der Waals surface area contributed by atoms with Gasteiger partial charge in [-0.25, -0.2) is 0 Å². The molecule has 1 rings (SSSR count). The summed E-state index contributed by atoms with van der Waals surface area (Å²) >= 11 is 0. The standard InChI is InChI=1S/C11H20O2/c1-8(2)9-5-4-6-10(7-9)11(12)13-3/h8-10H,4-7H2,1-3H3. The van der Waals surface area contributed by atoms with Crippen LogP contribution in [0.4, 0.5) is 0 Å². The van der Waals surface area contributed by atoms with E-state index in [2.05, 4.69) is 13.8 Å². The highest BCUT2D eigenvalue weighted by atomic mass is 16.5. The zero-order valence-corrected chi connectivity index (χ0v) is 8.88. The van der Waals surface area contributed by atoms with Gasteiger partial charge in [0.1, 0.15) is 0 Å². The fourth-order valence-electron chi connectivity index (χ4n) is 2.21. The van der Waals surface area contributed by atoms with Gasteiger partial charge in [0.05, 0.1) is 13.0 Å². The van der Waals surface area contributed by atoms with E-state index in [4.69, 9.17) is 4.74 Å². The molecule has 0 saturated heterocycles. The molecule has 0 aliphatic heterocycles. The number of hydrogen-bond donors (Lipinski definition) is 0. The molecule has 0 bridgehead atoms. The lowest BCUT2D eigenvalue weighted by Gasteiger charge is -2.29. The third kappa shape index (κ3) is 2.71. The van der Waals surface area contributed by atoms with Crippen LogP contribution < -0.4 is 0 Å². The largest absolute Gasteiger partial charge is 0.469 e. The first kappa shape index (κ1) is 10.6. The van der Waals surface area contributed by atoms with E-state index < -0.39 is 0 Å². The molecule has 0 spiro atoms. The summed E-state index contributed by atoms with van der Waals surface area (Å²) in [5, 5.41) is 0. The van der Waals surface area contributed by atoms with Crippen molar-refractivity contribution >= 4 is 5.97 Å². The molecule has 2 nitrogen and oxygen atoms in total. The first-order valence-corrected chi connectivity index (χ1v) is 5.23. The van der Waals surface area contributed by atoms with E-state index in [-0.39, 0.29) is 11.9 Å². The predicted molar refractivity (Wildman–Crippen MR) is 52.3 cm³/mol. The Kier molecular flexibility index (Phi) is 3.76. The molecule has 2 heteroatoms. The van der Waals surface area contributed by atoms with Crippen LogP contribution in [-0.2, 0) is 9.53 Å². The van der Waals surface area contributed by atoms with Gasteiger partial charge in [-0.2, -0.15) is 0 Å². The summed E-state index contributed by atoms with van der Waals surface area (Å²) in [5.41, 5.74) is 0. The number of rotatable bonds is 2. The molecular weight excluding hydrogens is 164 g/mol. The average molecular weight is 184 g/mol. The summed E-state index contributed by atoms with van der Waals surface area (Å²) in [7, 11) is 1.49. The van der Waals surface area contributed by atoms with E-state index in [1.807, 2.05) is 0 Å². The van der Waals surface area contributed by atoms with Crippen LogP contribution in [0.3, 0.4) is 0 Å². The SMILES string of the molecule is COC(=O)C1CCCC(C(C)C)C1. The van der Waals surface area contributed by atoms with Crippen LogP contribution in [0, 0.1) is 17.8 Å². The minimum atomic E-state index is -0.00894. The lowest BCUT2D eigenvalue weighted by molar-refractivity contribution is -0.147. The Morgan fingerprint density at radius 2 is 2.08 bits per heavy atom. The van der Waals surface area contributed by atoms with Gasteiger partial charge >= 0.3 is 5.97 Å². The highest BCUT2D eigenvalue weighted by Crippen LogP contribution is 2.33. The molecule has 1 saturated carbocycles. The monoisotopic (exact) mass is 184 g/mol. The second-order valence-electron chi connectivity index (χ2n) is 4.39. The fraction of sp³-hybridized carbons (Fsp3) is 0.909.